The monoisotopic (exact) mass is 499 g/mol. The van der Waals surface area contributed by atoms with Crippen molar-refractivity contribution in [3.05, 3.63) is 53.4 Å². The van der Waals surface area contributed by atoms with Gasteiger partial charge in [0.25, 0.3) is 0 Å². The molecule has 0 aliphatic carbocycles. The molecule has 2 heterocycles. The Morgan fingerprint density at radius 3 is 2.46 bits per heavy atom. The SMILES string of the molecule is CCOCc1ccc(CNC(=NC)N2CCN(Cc3ccon3)CC2)cc1.I. The first-order chi connectivity index (χ1) is 13.3. The average molecular weight is 499 g/mol. The maximum absolute atomic E-state index is 5.44. The zero-order valence-electron chi connectivity index (χ0n) is 16.6. The highest BCUT2D eigenvalue weighted by atomic mass is 127. The van der Waals surface area contributed by atoms with Crippen LogP contribution in [-0.2, 0) is 24.4 Å². The summed E-state index contributed by atoms with van der Waals surface area (Å²) in [6.45, 7) is 8.90. The van der Waals surface area contributed by atoms with Crippen molar-refractivity contribution in [1.29, 1.82) is 0 Å². The van der Waals surface area contributed by atoms with Gasteiger partial charge >= 0.3 is 0 Å². The lowest BCUT2D eigenvalue weighted by atomic mass is 10.1. The Bertz CT molecular complexity index is 698. The summed E-state index contributed by atoms with van der Waals surface area (Å²) in [6.07, 6.45) is 1.63. The second-order valence-corrected chi connectivity index (χ2v) is 6.61. The molecule has 1 aliphatic rings. The normalized spacial score (nSPS) is 15.4. The van der Waals surface area contributed by atoms with Gasteiger partial charge in [0.1, 0.15) is 6.26 Å². The second kappa shape index (κ2) is 12.0. The highest BCUT2D eigenvalue weighted by Gasteiger charge is 2.20. The highest BCUT2D eigenvalue weighted by Crippen LogP contribution is 2.09. The Kier molecular flexibility index (Phi) is 9.72. The van der Waals surface area contributed by atoms with Crippen molar-refractivity contribution in [2.24, 2.45) is 4.99 Å². The number of nitrogens with zero attached hydrogens (tertiary/aromatic N) is 4. The van der Waals surface area contributed by atoms with Crippen LogP contribution in [0.25, 0.3) is 0 Å². The van der Waals surface area contributed by atoms with Crippen molar-refractivity contribution in [2.45, 2.75) is 26.6 Å². The van der Waals surface area contributed by atoms with Crippen LogP contribution >= 0.6 is 24.0 Å². The van der Waals surface area contributed by atoms with E-state index in [9.17, 15) is 0 Å². The minimum Gasteiger partial charge on any atom is -0.377 e. The molecule has 0 bridgehead atoms. The molecule has 0 saturated carbocycles. The lowest BCUT2D eigenvalue weighted by Crippen LogP contribution is -2.52. The molecule has 28 heavy (non-hydrogen) atoms. The Labute approximate surface area is 184 Å². The topological polar surface area (TPSA) is 66.1 Å². The van der Waals surface area contributed by atoms with Crippen molar-refractivity contribution in [2.75, 3.05) is 39.8 Å². The van der Waals surface area contributed by atoms with Crippen LogP contribution in [0.2, 0.25) is 0 Å². The van der Waals surface area contributed by atoms with Gasteiger partial charge in [-0.1, -0.05) is 29.4 Å². The summed E-state index contributed by atoms with van der Waals surface area (Å²) in [5.41, 5.74) is 3.42. The zero-order valence-corrected chi connectivity index (χ0v) is 19.0. The fourth-order valence-electron chi connectivity index (χ4n) is 3.15. The first-order valence-electron chi connectivity index (χ1n) is 9.51. The molecular weight excluding hydrogens is 469 g/mol. The van der Waals surface area contributed by atoms with Crippen molar-refractivity contribution >= 4 is 29.9 Å². The van der Waals surface area contributed by atoms with Crippen LogP contribution in [0.5, 0.6) is 0 Å². The minimum absolute atomic E-state index is 0. The summed E-state index contributed by atoms with van der Waals surface area (Å²) < 4.78 is 10.4. The summed E-state index contributed by atoms with van der Waals surface area (Å²) in [4.78, 5) is 9.15. The number of halogens is 1. The van der Waals surface area contributed by atoms with Crippen LogP contribution in [0, 0.1) is 0 Å². The third-order valence-corrected chi connectivity index (χ3v) is 4.71. The van der Waals surface area contributed by atoms with E-state index >= 15 is 0 Å². The predicted molar refractivity (Wildman–Crippen MR) is 121 cm³/mol. The standard InChI is InChI=1S/C20H29N5O2.HI/c1-3-26-16-18-6-4-17(5-7-18)14-22-20(21-2)25-11-9-24(10-12-25)15-19-8-13-27-23-19;/h4-8,13H,3,9-12,14-16H2,1-2H3,(H,21,22);1H. The molecule has 3 rings (SSSR count). The molecule has 0 atom stereocenters. The third kappa shape index (κ3) is 6.75. The number of hydrogen-bond acceptors (Lipinski definition) is 5. The third-order valence-electron chi connectivity index (χ3n) is 4.71. The number of piperazine rings is 1. The smallest absolute Gasteiger partial charge is 0.194 e. The van der Waals surface area contributed by atoms with Gasteiger partial charge in [0.15, 0.2) is 5.96 Å². The fraction of sp³-hybridized carbons (Fsp3) is 0.500. The van der Waals surface area contributed by atoms with E-state index in [2.05, 4.69) is 49.5 Å². The van der Waals surface area contributed by atoms with Gasteiger partial charge in [-0.15, -0.1) is 24.0 Å². The largest absolute Gasteiger partial charge is 0.377 e. The summed E-state index contributed by atoms with van der Waals surface area (Å²) in [7, 11) is 1.84. The molecule has 1 saturated heterocycles. The molecular formula is C20H30IN5O2. The van der Waals surface area contributed by atoms with E-state index in [1.54, 1.807) is 6.26 Å². The molecule has 0 unspecified atom stereocenters. The van der Waals surface area contributed by atoms with Crippen molar-refractivity contribution in [3.8, 4) is 0 Å². The molecule has 2 aromatic rings. The van der Waals surface area contributed by atoms with Crippen LogP contribution in [0.15, 0.2) is 46.1 Å². The van der Waals surface area contributed by atoms with Crippen LogP contribution in [-0.4, -0.2) is 60.7 Å². The Morgan fingerprint density at radius 1 is 1.14 bits per heavy atom. The van der Waals surface area contributed by atoms with Gasteiger partial charge in [0.05, 0.1) is 12.3 Å². The summed E-state index contributed by atoms with van der Waals surface area (Å²) in [5, 5.41) is 7.47. The van der Waals surface area contributed by atoms with E-state index in [4.69, 9.17) is 9.26 Å². The number of guanidine groups is 1. The van der Waals surface area contributed by atoms with Crippen LogP contribution < -0.4 is 5.32 Å². The van der Waals surface area contributed by atoms with Crippen molar-refractivity contribution in [3.63, 3.8) is 0 Å². The van der Waals surface area contributed by atoms with E-state index in [-0.39, 0.29) is 24.0 Å². The number of hydrogen-bond donors (Lipinski definition) is 1. The van der Waals surface area contributed by atoms with Crippen LogP contribution in [0.1, 0.15) is 23.7 Å². The lowest BCUT2D eigenvalue weighted by molar-refractivity contribution is 0.134. The van der Waals surface area contributed by atoms with E-state index in [1.165, 1.54) is 11.1 Å². The maximum Gasteiger partial charge on any atom is 0.194 e. The highest BCUT2D eigenvalue weighted by molar-refractivity contribution is 14.0. The number of aliphatic imine (C=N–C) groups is 1. The Hall–Kier alpha value is -1.65. The Morgan fingerprint density at radius 2 is 1.86 bits per heavy atom. The molecule has 1 aromatic carbocycles. The van der Waals surface area contributed by atoms with Gasteiger partial charge in [0, 0.05) is 59.0 Å². The summed E-state index contributed by atoms with van der Waals surface area (Å²) in [5.74, 6) is 0.953. The van der Waals surface area contributed by atoms with Gasteiger partial charge in [-0.2, -0.15) is 0 Å². The number of nitrogens with one attached hydrogen (secondary N) is 1. The molecule has 0 radical (unpaired) electrons. The van der Waals surface area contributed by atoms with Gasteiger partial charge < -0.3 is 19.5 Å². The van der Waals surface area contributed by atoms with Gasteiger partial charge in [-0.25, -0.2) is 0 Å². The molecule has 154 valence electrons. The average Bonchev–Trinajstić information content (AvgIpc) is 3.22. The first-order valence-corrected chi connectivity index (χ1v) is 9.51. The molecule has 0 spiro atoms. The summed E-state index contributed by atoms with van der Waals surface area (Å²) in [6, 6.07) is 10.5. The quantitative estimate of drug-likeness (QED) is 0.359. The zero-order chi connectivity index (χ0) is 18.9. The fourth-order valence-corrected chi connectivity index (χ4v) is 3.15. The van der Waals surface area contributed by atoms with E-state index < -0.39 is 0 Å². The summed E-state index contributed by atoms with van der Waals surface area (Å²) >= 11 is 0. The number of benzene rings is 1. The minimum atomic E-state index is 0. The van der Waals surface area contributed by atoms with Crippen molar-refractivity contribution < 1.29 is 9.26 Å². The second-order valence-electron chi connectivity index (χ2n) is 6.61. The first kappa shape index (κ1) is 22.6. The van der Waals surface area contributed by atoms with Crippen LogP contribution in [0.3, 0.4) is 0 Å². The Balaban J connectivity index is 0.00000280. The van der Waals surface area contributed by atoms with Gasteiger partial charge in [0.2, 0.25) is 0 Å². The molecule has 8 heteroatoms. The van der Waals surface area contributed by atoms with Crippen molar-refractivity contribution in [1.82, 2.24) is 20.3 Å². The van der Waals surface area contributed by atoms with E-state index in [1.807, 2.05) is 20.0 Å². The molecule has 7 nitrogen and oxygen atoms in total. The molecule has 1 aromatic heterocycles. The van der Waals surface area contributed by atoms with Gasteiger partial charge in [-0.3, -0.25) is 9.89 Å². The molecule has 1 N–H and O–H groups in total. The van der Waals surface area contributed by atoms with E-state index in [0.29, 0.717) is 6.61 Å². The molecule has 1 fully saturated rings. The number of aromatic nitrogens is 1. The molecule has 0 amide bonds. The van der Waals surface area contributed by atoms with Crippen LogP contribution in [0.4, 0.5) is 0 Å². The lowest BCUT2D eigenvalue weighted by Gasteiger charge is -2.36. The predicted octanol–water partition coefficient (Wildman–Crippen LogP) is 2.72. The maximum atomic E-state index is 5.44. The molecule has 1 aliphatic heterocycles. The van der Waals surface area contributed by atoms with E-state index in [0.717, 1.165) is 57.5 Å². The number of rotatable bonds is 7. The van der Waals surface area contributed by atoms with Gasteiger partial charge in [-0.05, 0) is 18.1 Å². The number of ether oxygens (including phenoxy) is 1.